The monoisotopic (exact) mass is 365 g/mol. The Labute approximate surface area is 158 Å². The third-order valence-electron chi connectivity index (χ3n) is 4.09. The Morgan fingerprint density at radius 1 is 1.19 bits per heavy atom. The summed E-state index contributed by atoms with van der Waals surface area (Å²) in [5, 5.41) is 10.4. The Hall–Kier alpha value is -3.29. The lowest BCUT2D eigenvalue weighted by Gasteiger charge is -2.08. The lowest BCUT2D eigenvalue weighted by atomic mass is 10.2. The number of anilines is 1. The van der Waals surface area contributed by atoms with Crippen molar-refractivity contribution < 1.29 is 4.79 Å². The summed E-state index contributed by atoms with van der Waals surface area (Å²) in [6, 6.07) is 5.33. The highest BCUT2D eigenvalue weighted by Gasteiger charge is 2.10. The molecule has 0 aromatic carbocycles. The molecule has 8 nitrogen and oxygen atoms in total. The molecule has 0 aliphatic carbocycles. The number of pyridine rings is 1. The van der Waals surface area contributed by atoms with Crippen LogP contribution in [-0.2, 0) is 6.54 Å². The highest BCUT2D eigenvalue weighted by atomic mass is 16.1. The number of amides is 1. The predicted octanol–water partition coefficient (Wildman–Crippen LogP) is 2.30. The van der Waals surface area contributed by atoms with E-state index < -0.39 is 0 Å². The van der Waals surface area contributed by atoms with Gasteiger partial charge in [-0.15, -0.1) is 0 Å². The molecule has 0 aliphatic rings. The average molecular weight is 365 g/mol. The maximum Gasteiger partial charge on any atom is 0.252 e. The smallest absolute Gasteiger partial charge is 0.252 e. The number of carbonyl (C=O) groups is 1. The van der Waals surface area contributed by atoms with Crippen LogP contribution in [0, 0.1) is 6.92 Å². The molecule has 0 saturated heterocycles. The van der Waals surface area contributed by atoms with E-state index in [1.54, 1.807) is 24.5 Å². The number of nitrogens with zero attached hydrogens (tertiary/aromatic N) is 5. The predicted molar refractivity (Wildman–Crippen MR) is 103 cm³/mol. The van der Waals surface area contributed by atoms with E-state index in [2.05, 4.69) is 37.6 Å². The first kappa shape index (κ1) is 18.5. The summed E-state index contributed by atoms with van der Waals surface area (Å²) in [6.45, 7) is 6.03. The number of hydrogen-bond acceptors (Lipinski definition) is 6. The van der Waals surface area contributed by atoms with Gasteiger partial charge in [-0.25, -0.2) is 9.97 Å². The van der Waals surface area contributed by atoms with E-state index in [-0.39, 0.29) is 5.91 Å². The minimum atomic E-state index is -0.154. The van der Waals surface area contributed by atoms with Crippen LogP contribution in [0.3, 0.4) is 0 Å². The van der Waals surface area contributed by atoms with E-state index in [4.69, 9.17) is 0 Å². The summed E-state index contributed by atoms with van der Waals surface area (Å²) in [4.78, 5) is 24.7. The van der Waals surface area contributed by atoms with Gasteiger partial charge in [0.25, 0.3) is 5.91 Å². The molecule has 3 aromatic rings. The first-order valence-corrected chi connectivity index (χ1v) is 8.97. The van der Waals surface area contributed by atoms with E-state index in [0.29, 0.717) is 24.6 Å². The Morgan fingerprint density at radius 2 is 2.07 bits per heavy atom. The second-order valence-corrected chi connectivity index (χ2v) is 6.06. The van der Waals surface area contributed by atoms with E-state index >= 15 is 0 Å². The molecule has 0 fully saturated rings. The van der Waals surface area contributed by atoms with Crippen molar-refractivity contribution in [3.05, 3.63) is 54.2 Å². The van der Waals surface area contributed by atoms with Gasteiger partial charge in [0.2, 0.25) is 5.95 Å². The molecule has 140 valence electrons. The highest BCUT2D eigenvalue weighted by Crippen LogP contribution is 2.21. The number of aryl methyl sites for hydroxylation is 1. The summed E-state index contributed by atoms with van der Waals surface area (Å²) in [5.41, 5.74) is 3.45. The molecular weight excluding hydrogens is 342 g/mol. The molecule has 0 saturated carbocycles. The molecule has 3 rings (SSSR count). The number of hydrogen-bond donors (Lipinski definition) is 2. The quantitative estimate of drug-likeness (QED) is 0.595. The first-order valence-electron chi connectivity index (χ1n) is 8.97. The molecule has 8 heteroatoms. The van der Waals surface area contributed by atoms with Crippen molar-refractivity contribution in [1.82, 2.24) is 30.0 Å². The molecule has 27 heavy (non-hydrogen) atoms. The average Bonchev–Trinajstić information content (AvgIpc) is 3.07. The lowest BCUT2D eigenvalue weighted by Crippen LogP contribution is -2.29. The first-order chi connectivity index (χ1) is 13.2. The third-order valence-corrected chi connectivity index (χ3v) is 4.09. The highest BCUT2D eigenvalue weighted by molar-refractivity contribution is 5.93. The zero-order chi connectivity index (χ0) is 19.1. The topological polar surface area (TPSA) is 97.6 Å². The van der Waals surface area contributed by atoms with Gasteiger partial charge in [0.1, 0.15) is 0 Å². The van der Waals surface area contributed by atoms with Crippen LogP contribution in [0.4, 0.5) is 5.95 Å². The number of nitrogens with one attached hydrogen (secondary N) is 2. The van der Waals surface area contributed by atoms with Crippen LogP contribution in [0.1, 0.15) is 29.4 Å². The van der Waals surface area contributed by atoms with Crippen LogP contribution in [-0.4, -0.2) is 43.7 Å². The molecular formula is C19H23N7O. The Bertz CT molecular complexity index is 892. The molecule has 0 aliphatic heterocycles. The zero-order valence-electron chi connectivity index (χ0n) is 15.5. The Kier molecular flexibility index (Phi) is 6.09. The van der Waals surface area contributed by atoms with Crippen molar-refractivity contribution in [3.63, 3.8) is 0 Å². The largest absolute Gasteiger partial charge is 0.352 e. The van der Waals surface area contributed by atoms with Gasteiger partial charge in [0.15, 0.2) is 0 Å². The number of aromatic nitrogens is 5. The second-order valence-electron chi connectivity index (χ2n) is 6.06. The molecule has 1 amide bonds. The van der Waals surface area contributed by atoms with Crippen molar-refractivity contribution in [2.45, 2.75) is 26.8 Å². The molecule has 0 spiro atoms. The standard InChI is InChI=1S/C19H23N7O/c1-3-11-26-14(2)16(13-24-26)17-6-8-22-19(25-17)23-10-9-21-18(27)15-5-4-7-20-12-15/h4-8,12-13H,3,9-11H2,1-2H3,(H,21,27)(H,22,23,25). The van der Waals surface area contributed by atoms with Gasteiger partial charge < -0.3 is 10.6 Å². The second kappa shape index (κ2) is 8.88. The summed E-state index contributed by atoms with van der Waals surface area (Å²) >= 11 is 0. The minimum absolute atomic E-state index is 0.154. The molecule has 0 radical (unpaired) electrons. The van der Waals surface area contributed by atoms with E-state index in [1.807, 2.05) is 23.9 Å². The van der Waals surface area contributed by atoms with Crippen LogP contribution in [0.25, 0.3) is 11.3 Å². The van der Waals surface area contributed by atoms with Gasteiger partial charge in [-0.05, 0) is 31.5 Å². The molecule has 3 heterocycles. The van der Waals surface area contributed by atoms with Crippen LogP contribution < -0.4 is 10.6 Å². The minimum Gasteiger partial charge on any atom is -0.352 e. The van der Waals surface area contributed by atoms with E-state index in [0.717, 1.165) is 29.9 Å². The van der Waals surface area contributed by atoms with Gasteiger partial charge in [-0.2, -0.15) is 5.10 Å². The van der Waals surface area contributed by atoms with Gasteiger partial charge in [0.05, 0.1) is 17.5 Å². The molecule has 0 unspecified atom stereocenters. The van der Waals surface area contributed by atoms with Gasteiger partial charge in [-0.3, -0.25) is 14.5 Å². The number of rotatable bonds is 8. The maximum absolute atomic E-state index is 12.0. The van der Waals surface area contributed by atoms with Crippen LogP contribution in [0.5, 0.6) is 0 Å². The van der Waals surface area contributed by atoms with E-state index in [1.165, 1.54) is 6.20 Å². The lowest BCUT2D eigenvalue weighted by molar-refractivity contribution is 0.0955. The van der Waals surface area contributed by atoms with Crippen molar-refractivity contribution in [3.8, 4) is 11.3 Å². The van der Waals surface area contributed by atoms with E-state index in [9.17, 15) is 4.79 Å². The number of carbonyl (C=O) groups excluding carboxylic acids is 1. The fraction of sp³-hybridized carbons (Fsp3) is 0.316. The summed E-state index contributed by atoms with van der Waals surface area (Å²) in [7, 11) is 0. The fourth-order valence-electron chi connectivity index (χ4n) is 2.68. The van der Waals surface area contributed by atoms with Crippen LogP contribution in [0.2, 0.25) is 0 Å². The van der Waals surface area contributed by atoms with Crippen LogP contribution >= 0.6 is 0 Å². The molecule has 2 N–H and O–H groups in total. The molecule has 0 bridgehead atoms. The molecule has 3 aromatic heterocycles. The van der Waals surface area contributed by atoms with Crippen molar-refractivity contribution in [2.75, 3.05) is 18.4 Å². The zero-order valence-corrected chi connectivity index (χ0v) is 15.5. The third kappa shape index (κ3) is 4.66. The van der Waals surface area contributed by atoms with Crippen molar-refractivity contribution in [1.29, 1.82) is 0 Å². The van der Waals surface area contributed by atoms with Gasteiger partial charge >= 0.3 is 0 Å². The summed E-state index contributed by atoms with van der Waals surface area (Å²) in [6.07, 6.45) is 7.76. The van der Waals surface area contributed by atoms with Crippen LogP contribution in [0.15, 0.2) is 43.0 Å². The summed E-state index contributed by atoms with van der Waals surface area (Å²) < 4.78 is 1.98. The summed E-state index contributed by atoms with van der Waals surface area (Å²) in [5.74, 6) is 0.365. The Balaban J connectivity index is 1.56. The maximum atomic E-state index is 12.0. The Morgan fingerprint density at radius 3 is 2.85 bits per heavy atom. The normalized spacial score (nSPS) is 10.6. The fourth-order valence-corrected chi connectivity index (χ4v) is 2.68. The molecule has 0 atom stereocenters. The SMILES string of the molecule is CCCn1ncc(-c2ccnc(NCCNC(=O)c3cccnc3)n2)c1C. The van der Waals surface area contributed by atoms with Crippen molar-refractivity contribution in [2.24, 2.45) is 0 Å². The van der Waals surface area contributed by atoms with Gasteiger partial charge in [-0.1, -0.05) is 6.92 Å². The van der Waals surface area contributed by atoms with Gasteiger partial charge in [0, 0.05) is 49.5 Å². The van der Waals surface area contributed by atoms with Crippen molar-refractivity contribution >= 4 is 11.9 Å².